The number of imidazole rings is 1. The van der Waals surface area contributed by atoms with Crippen LogP contribution in [0.5, 0.6) is 0 Å². The number of pyridine rings is 1. The van der Waals surface area contributed by atoms with Crippen molar-refractivity contribution in [2.75, 3.05) is 6.26 Å². The Kier molecular flexibility index (Phi) is 6.07. The summed E-state index contributed by atoms with van der Waals surface area (Å²) >= 11 is 10.6. The first kappa shape index (κ1) is 24.4. The van der Waals surface area contributed by atoms with Crippen molar-refractivity contribution in [1.82, 2.24) is 19.5 Å². The zero-order valence-electron chi connectivity index (χ0n) is 16.9. The Bertz CT molecular complexity index is 1500. The van der Waals surface area contributed by atoms with Gasteiger partial charge in [-0.3, -0.25) is 0 Å². The predicted molar refractivity (Wildman–Crippen MR) is 113 cm³/mol. The van der Waals surface area contributed by atoms with Crippen LogP contribution in [0.2, 0.25) is 5.02 Å². The third-order valence-electron chi connectivity index (χ3n) is 4.59. The van der Waals surface area contributed by atoms with E-state index in [4.69, 9.17) is 23.2 Å². The van der Waals surface area contributed by atoms with E-state index >= 15 is 0 Å². The van der Waals surface area contributed by atoms with Gasteiger partial charge >= 0.3 is 17.4 Å². The summed E-state index contributed by atoms with van der Waals surface area (Å²) in [6.07, 6.45) is -0.202. The van der Waals surface area contributed by atoms with Gasteiger partial charge in [0.2, 0.25) is 5.82 Å². The number of aromatic nitrogens is 4. The van der Waals surface area contributed by atoms with E-state index in [1.807, 2.05) is 0 Å². The zero-order chi connectivity index (χ0) is 24.9. The van der Waals surface area contributed by atoms with E-state index in [0.29, 0.717) is 16.9 Å². The van der Waals surface area contributed by atoms with Crippen LogP contribution in [-0.2, 0) is 27.8 Å². The van der Waals surface area contributed by atoms with Crippen LogP contribution in [0.25, 0.3) is 17.0 Å². The number of rotatable bonds is 5. The smallest absolute Gasteiger partial charge is 0.331 e. The highest BCUT2D eigenvalue weighted by Crippen LogP contribution is 2.36. The van der Waals surface area contributed by atoms with Gasteiger partial charge in [-0.25, -0.2) is 13.6 Å². The molecule has 7 nitrogen and oxygen atoms in total. The lowest BCUT2D eigenvalue weighted by atomic mass is 10.2. The van der Waals surface area contributed by atoms with Gasteiger partial charge in [-0.1, -0.05) is 16.8 Å². The van der Waals surface area contributed by atoms with Crippen LogP contribution < -0.4 is 0 Å². The van der Waals surface area contributed by atoms with Gasteiger partial charge in [0.1, 0.15) is 5.65 Å². The molecule has 0 radical (unpaired) electrons. The highest BCUT2D eigenvalue weighted by molar-refractivity contribution is 7.93. The van der Waals surface area contributed by atoms with Crippen LogP contribution in [-0.4, -0.2) is 30.0 Å². The quantitative estimate of drug-likeness (QED) is 0.229. The molecule has 0 bridgehead atoms. The van der Waals surface area contributed by atoms with E-state index in [2.05, 4.69) is 24.0 Å². The Morgan fingerprint density at radius 1 is 1.15 bits per heavy atom. The van der Waals surface area contributed by atoms with Crippen LogP contribution in [0.4, 0.5) is 22.0 Å². The van der Waals surface area contributed by atoms with Gasteiger partial charge in [0.15, 0.2) is 0 Å². The van der Waals surface area contributed by atoms with Gasteiger partial charge in [0.05, 0.1) is 32.6 Å². The third kappa shape index (κ3) is 5.00. The number of hydrogen-bond acceptors (Lipinski definition) is 6. The standard InChI is InChI=1S/C19H12Cl2F5N5O2S/c1-34(32,12-2-3-13(14(20)7-12)19(24,25)26)27-8-11-9-31-5-4-10(6-15(31)28-11)16-29-17(33-30-16)18(21,22)23/h2-7,9H,8H2,1H3. The van der Waals surface area contributed by atoms with Crippen molar-refractivity contribution >= 4 is 38.6 Å². The van der Waals surface area contributed by atoms with Crippen molar-refractivity contribution < 1.29 is 30.7 Å². The fourth-order valence-electron chi connectivity index (χ4n) is 2.93. The molecule has 4 rings (SSSR count). The topological polar surface area (TPSA) is 85.7 Å². The monoisotopic (exact) mass is 539 g/mol. The third-order valence-corrected chi connectivity index (χ3v) is 6.82. The highest BCUT2D eigenvalue weighted by Gasteiger charge is 2.36. The molecular formula is C19H12Cl2F5N5O2S. The van der Waals surface area contributed by atoms with Crippen LogP contribution >= 0.6 is 23.2 Å². The van der Waals surface area contributed by atoms with Crippen LogP contribution in [0, 0.1) is 0 Å². The van der Waals surface area contributed by atoms with Crippen molar-refractivity contribution in [2.24, 2.45) is 4.36 Å². The molecule has 0 saturated carbocycles. The Balaban J connectivity index is 1.59. The molecule has 0 spiro atoms. The fourth-order valence-corrected chi connectivity index (χ4v) is 4.54. The van der Waals surface area contributed by atoms with E-state index in [1.165, 1.54) is 18.4 Å². The minimum Gasteiger partial charge on any atom is -0.331 e. The first-order valence-electron chi connectivity index (χ1n) is 9.18. The maximum atomic E-state index is 13.1. The maximum Gasteiger partial charge on any atom is 0.417 e. The Morgan fingerprint density at radius 2 is 1.88 bits per heavy atom. The number of alkyl halides is 6. The van der Waals surface area contributed by atoms with Gasteiger partial charge in [0, 0.05) is 29.1 Å². The molecule has 34 heavy (non-hydrogen) atoms. The number of hydrogen-bond donors (Lipinski definition) is 0. The van der Waals surface area contributed by atoms with E-state index in [1.54, 1.807) is 16.8 Å². The molecular weight excluding hydrogens is 528 g/mol. The second-order valence-corrected chi connectivity index (χ2v) is 10.3. The zero-order valence-corrected chi connectivity index (χ0v) is 19.2. The van der Waals surface area contributed by atoms with E-state index in [9.17, 15) is 26.2 Å². The van der Waals surface area contributed by atoms with Crippen LogP contribution in [0.3, 0.4) is 0 Å². The number of nitrogens with zero attached hydrogens (tertiary/aromatic N) is 5. The van der Waals surface area contributed by atoms with Crippen molar-refractivity contribution in [1.29, 1.82) is 0 Å². The van der Waals surface area contributed by atoms with E-state index < -0.39 is 37.8 Å². The summed E-state index contributed by atoms with van der Waals surface area (Å²) in [6.45, 7) is -0.115. The average molecular weight is 540 g/mol. The molecule has 0 fully saturated rings. The first-order chi connectivity index (χ1) is 15.7. The molecule has 0 amide bonds. The molecule has 0 aliphatic heterocycles. The lowest BCUT2D eigenvalue weighted by molar-refractivity contribution is -0.137. The second-order valence-electron chi connectivity index (χ2n) is 7.06. The number of halogens is 7. The summed E-state index contributed by atoms with van der Waals surface area (Å²) in [7, 11) is -3.09. The highest BCUT2D eigenvalue weighted by atomic mass is 35.5. The summed E-state index contributed by atoms with van der Waals surface area (Å²) in [5.41, 5.74) is 0.0710. The molecule has 1 aromatic carbocycles. The van der Waals surface area contributed by atoms with Gasteiger partial charge in [-0.15, -0.1) is 0 Å². The molecule has 4 aromatic rings. The van der Waals surface area contributed by atoms with Crippen molar-refractivity contribution in [3.8, 4) is 11.4 Å². The Labute approximate surface area is 198 Å². The largest absolute Gasteiger partial charge is 0.417 e. The normalized spacial score (nSPS) is 14.4. The molecule has 0 N–H and O–H groups in total. The Morgan fingerprint density at radius 3 is 2.50 bits per heavy atom. The molecule has 0 aliphatic rings. The SMILES string of the molecule is CS(=O)(=NCc1cn2ccc(-c3noc(C(F)(F)Cl)n3)cc2n1)c1ccc(C(F)(F)F)c(Cl)c1. The summed E-state index contributed by atoms with van der Waals surface area (Å²) in [5, 5.41) is -0.909. The second kappa shape index (κ2) is 8.47. The van der Waals surface area contributed by atoms with Gasteiger partial charge in [-0.2, -0.15) is 26.9 Å². The molecule has 3 heterocycles. The van der Waals surface area contributed by atoms with E-state index in [-0.39, 0.29) is 17.3 Å². The van der Waals surface area contributed by atoms with Gasteiger partial charge < -0.3 is 8.92 Å². The lowest BCUT2D eigenvalue weighted by Crippen LogP contribution is -2.07. The minimum absolute atomic E-state index is 0.0422. The predicted octanol–water partition coefficient (Wildman–Crippen LogP) is 6.00. The Hall–Kier alpha value is -2.77. The number of benzene rings is 1. The average Bonchev–Trinajstić information content (AvgIpc) is 3.37. The molecule has 15 heteroatoms. The summed E-state index contributed by atoms with van der Waals surface area (Å²) in [6, 6.07) is 5.84. The summed E-state index contributed by atoms with van der Waals surface area (Å²) < 4.78 is 88.0. The molecule has 0 saturated heterocycles. The summed E-state index contributed by atoms with van der Waals surface area (Å²) in [5.74, 6) is -1.17. The lowest BCUT2D eigenvalue weighted by Gasteiger charge is -2.11. The van der Waals surface area contributed by atoms with Crippen LogP contribution in [0.15, 0.2) is 56.5 Å². The van der Waals surface area contributed by atoms with E-state index in [0.717, 1.165) is 18.2 Å². The molecule has 180 valence electrons. The fraction of sp³-hybridized carbons (Fsp3) is 0.211. The maximum absolute atomic E-state index is 13.1. The summed E-state index contributed by atoms with van der Waals surface area (Å²) in [4.78, 5) is 7.93. The molecule has 1 atom stereocenters. The molecule has 1 unspecified atom stereocenters. The molecule has 3 aromatic heterocycles. The first-order valence-corrected chi connectivity index (χ1v) is 11.9. The van der Waals surface area contributed by atoms with Crippen molar-refractivity contribution in [3.63, 3.8) is 0 Å². The minimum atomic E-state index is -4.63. The number of fused-ring (bicyclic) bond motifs is 1. The molecule has 0 aliphatic carbocycles. The van der Waals surface area contributed by atoms with Crippen molar-refractivity contribution in [3.05, 3.63) is 64.9 Å². The van der Waals surface area contributed by atoms with Gasteiger partial charge in [-0.05, 0) is 41.9 Å². The van der Waals surface area contributed by atoms with Crippen molar-refractivity contribution in [2.45, 2.75) is 23.0 Å². The van der Waals surface area contributed by atoms with Gasteiger partial charge in [0.25, 0.3) is 0 Å². The van der Waals surface area contributed by atoms with Crippen LogP contribution in [0.1, 0.15) is 17.1 Å².